The molecule has 4 nitrogen and oxygen atoms in total. The molecule has 18 heavy (non-hydrogen) atoms. The minimum atomic E-state index is -1.45. The number of carbonyl (C=O) groups is 2. The molecule has 0 aromatic rings. The second-order valence-electron chi connectivity index (χ2n) is 6.32. The maximum Gasteiger partial charge on any atom is 0.323 e. The molecular weight excluding hydrogens is 232 g/mol. The SMILES string of the molecule is CCC1(OC(=O)C(C)(C)C(=O)O)CC2CCC1C2. The number of aliphatic carboxylic acids is 1. The molecule has 2 aliphatic rings. The van der Waals surface area contributed by atoms with Gasteiger partial charge in [0, 0.05) is 0 Å². The zero-order chi connectivity index (χ0) is 13.6. The first-order chi connectivity index (χ1) is 8.32. The summed E-state index contributed by atoms with van der Waals surface area (Å²) in [5, 5.41) is 9.07. The van der Waals surface area contributed by atoms with Gasteiger partial charge in [-0.2, -0.15) is 0 Å². The van der Waals surface area contributed by atoms with E-state index in [1.165, 1.54) is 20.3 Å². The number of hydrogen-bond acceptors (Lipinski definition) is 3. The van der Waals surface area contributed by atoms with Crippen molar-refractivity contribution in [3.8, 4) is 0 Å². The molecule has 0 heterocycles. The molecule has 3 unspecified atom stereocenters. The maximum absolute atomic E-state index is 12.1. The zero-order valence-electron chi connectivity index (χ0n) is 11.4. The van der Waals surface area contributed by atoms with Gasteiger partial charge in [0.15, 0.2) is 5.41 Å². The lowest BCUT2D eigenvalue weighted by Gasteiger charge is -2.38. The largest absolute Gasteiger partial charge is 0.480 e. The van der Waals surface area contributed by atoms with Crippen molar-refractivity contribution in [1.82, 2.24) is 0 Å². The van der Waals surface area contributed by atoms with Crippen LogP contribution in [0, 0.1) is 17.3 Å². The molecular formula is C14H22O4. The summed E-state index contributed by atoms with van der Waals surface area (Å²) in [5.41, 5.74) is -1.85. The predicted molar refractivity (Wildman–Crippen MR) is 66.0 cm³/mol. The third kappa shape index (κ3) is 1.91. The number of carboxylic acids is 1. The molecule has 4 heteroatoms. The Hall–Kier alpha value is -1.06. The Labute approximate surface area is 108 Å². The van der Waals surface area contributed by atoms with Gasteiger partial charge >= 0.3 is 11.9 Å². The summed E-state index contributed by atoms with van der Waals surface area (Å²) in [7, 11) is 0. The minimum absolute atomic E-state index is 0.396. The Balaban J connectivity index is 2.13. The van der Waals surface area contributed by atoms with E-state index in [9.17, 15) is 9.59 Å². The Bertz CT molecular complexity index is 374. The van der Waals surface area contributed by atoms with Crippen molar-refractivity contribution in [2.24, 2.45) is 17.3 Å². The topological polar surface area (TPSA) is 63.6 Å². The molecule has 0 aliphatic heterocycles. The van der Waals surface area contributed by atoms with Gasteiger partial charge in [0.2, 0.25) is 0 Å². The monoisotopic (exact) mass is 254 g/mol. The van der Waals surface area contributed by atoms with Crippen LogP contribution in [0.4, 0.5) is 0 Å². The van der Waals surface area contributed by atoms with Crippen LogP contribution in [-0.2, 0) is 14.3 Å². The van der Waals surface area contributed by atoms with Crippen LogP contribution in [0.15, 0.2) is 0 Å². The average Bonchev–Trinajstić information content (AvgIpc) is 2.89. The van der Waals surface area contributed by atoms with Crippen LogP contribution >= 0.6 is 0 Å². The number of hydrogen-bond donors (Lipinski definition) is 1. The van der Waals surface area contributed by atoms with Crippen LogP contribution in [0.1, 0.15) is 52.9 Å². The van der Waals surface area contributed by atoms with E-state index in [1.54, 1.807) is 0 Å². The Morgan fingerprint density at radius 2 is 2.06 bits per heavy atom. The van der Waals surface area contributed by atoms with Gasteiger partial charge in [-0.3, -0.25) is 9.59 Å². The van der Waals surface area contributed by atoms with Crippen LogP contribution in [0.5, 0.6) is 0 Å². The van der Waals surface area contributed by atoms with Gasteiger partial charge in [0.25, 0.3) is 0 Å². The van der Waals surface area contributed by atoms with Gasteiger partial charge in [-0.25, -0.2) is 0 Å². The first-order valence-corrected chi connectivity index (χ1v) is 6.78. The first-order valence-electron chi connectivity index (χ1n) is 6.78. The molecule has 102 valence electrons. The van der Waals surface area contributed by atoms with Crippen LogP contribution < -0.4 is 0 Å². The van der Waals surface area contributed by atoms with Gasteiger partial charge in [-0.1, -0.05) is 6.92 Å². The predicted octanol–water partition coefficient (Wildman–Crippen LogP) is 2.61. The van der Waals surface area contributed by atoms with E-state index < -0.39 is 23.0 Å². The number of carbonyl (C=O) groups excluding carboxylic acids is 1. The maximum atomic E-state index is 12.1. The smallest absolute Gasteiger partial charge is 0.323 e. The number of ether oxygens (including phenoxy) is 1. The van der Waals surface area contributed by atoms with Crippen LogP contribution in [0.3, 0.4) is 0 Å². The van der Waals surface area contributed by atoms with Crippen molar-refractivity contribution in [3.05, 3.63) is 0 Å². The van der Waals surface area contributed by atoms with Gasteiger partial charge in [-0.15, -0.1) is 0 Å². The summed E-state index contributed by atoms with van der Waals surface area (Å²) < 4.78 is 5.69. The molecule has 0 aromatic carbocycles. The van der Waals surface area contributed by atoms with Crippen molar-refractivity contribution >= 4 is 11.9 Å². The number of fused-ring (bicyclic) bond motifs is 2. The summed E-state index contributed by atoms with van der Waals surface area (Å²) in [6, 6.07) is 0. The molecule has 3 atom stereocenters. The number of esters is 1. The molecule has 2 fully saturated rings. The molecule has 0 amide bonds. The standard InChI is InChI=1S/C14H22O4/c1-4-14(8-9-5-6-10(14)7-9)18-12(17)13(2,3)11(15)16/h9-10H,4-8H2,1-3H3,(H,15,16). The highest BCUT2D eigenvalue weighted by atomic mass is 16.6. The number of rotatable bonds is 4. The van der Waals surface area contributed by atoms with E-state index in [0.717, 1.165) is 25.7 Å². The molecule has 2 bridgehead atoms. The van der Waals surface area contributed by atoms with Gasteiger partial charge < -0.3 is 9.84 Å². The number of carboxylic acid groups (broad SMARTS) is 1. The van der Waals surface area contributed by atoms with Gasteiger partial charge in [-0.05, 0) is 57.8 Å². The van der Waals surface area contributed by atoms with Crippen LogP contribution in [0.2, 0.25) is 0 Å². The van der Waals surface area contributed by atoms with Crippen molar-refractivity contribution in [1.29, 1.82) is 0 Å². The van der Waals surface area contributed by atoms with Crippen molar-refractivity contribution < 1.29 is 19.4 Å². The molecule has 0 radical (unpaired) electrons. The van der Waals surface area contributed by atoms with Crippen LogP contribution in [0.25, 0.3) is 0 Å². The third-order valence-electron chi connectivity index (χ3n) is 4.86. The summed E-state index contributed by atoms with van der Waals surface area (Å²) in [6.07, 6.45) is 5.17. The lowest BCUT2D eigenvalue weighted by atomic mass is 9.81. The van der Waals surface area contributed by atoms with E-state index in [2.05, 4.69) is 0 Å². The Kier molecular flexibility index (Phi) is 3.16. The fourth-order valence-corrected chi connectivity index (χ4v) is 3.42. The second-order valence-corrected chi connectivity index (χ2v) is 6.32. The van der Waals surface area contributed by atoms with E-state index >= 15 is 0 Å². The normalized spacial score (nSPS) is 34.6. The Morgan fingerprint density at radius 1 is 1.39 bits per heavy atom. The second kappa shape index (κ2) is 4.25. The Morgan fingerprint density at radius 3 is 2.44 bits per heavy atom. The lowest BCUT2D eigenvalue weighted by molar-refractivity contribution is -0.183. The molecule has 0 aromatic heterocycles. The molecule has 2 rings (SSSR count). The summed E-state index contributed by atoms with van der Waals surface area (Å²) in [5.74, 6) is -0.622. The summed E-state index contributed by atoms with van der Waals surface area (Å²) in [6.45, 7) is 4.85. The highest BCUT2D eigenvalue weighted by molar-refractivity contribution is 5.98. The molecule has 2 saturated carbocycles. The van der Waals surface area contributed by atoms with E-state index in [0.29, 0.717) is 11.8 Å². The minimum Gasteiger partial charge on any atom is -0.480 e. The zero-order valence-corrected chi connectivity index (χ0v) is 11.4. The third-order valence-corrected chi connectivity index (χ3v) is 4.86. The average molecular weight is 254 g/mol. The van der Waals surface area contributed by atoms with E-state index in [1.807, 2.05) is 6.92 Å². The lowest BCUT2D eigenvalue weighted by Crippen LogP contribution is -2.45. The van der Waals surface area contributed by atoms with E-state index in [4.69, 9.17) is 9.84 Å². The van der Waals surface area contributed by atoms with Crippen LogP contribution in [-0.4, -0.2) is 22.6 Å². The van der Waals surface area contributed by atoms with Gasteiger partial charge in [0.05, 0.1) is 0 Å². The summed E-state index contributed by atoms with van der Waals surface area (Å²) >= 11 is 0. The fourth-order valence-electron chi connectivity index (χ4n) is 3.42. The van der Waals surface area contributed by atoms with Crippen molar-refractivity contribution in [2.75, 3.05) is 0 Å². The first kappa shape index (κ1) is 13.4. The molecule has 1 N–H and O–H groups in total. The highest BCUT2D eigenvalue weighted by Gasteiger charge is 2.54. The fraction of sp³-hybridized carbons (Fsp3) is 0.857. The van der Waals surface area contributed by atoms with Crippen molar-refractivity contribution in [3.63, 3.8) is 0 Å². The highest BCUT2D eigenvalue weighted by Crippen LogP contribution is 2.54. The molecule has 0 spiro atoms. The summed E-state index contributed by atoms with van der Waals surface area (Å²) in [4.78, 5) is 23.2. The van der Waals surface area contributed by atoms with Crippen molar-refractivity contribution in [2.45, 2.75) is 58.5 Å². The molecule has 2 aliphatic carbocycles. The van der Waals surface area contributed by atoms with Gasteiger partial charge in [0.1, 0.15) is 5.60 Å². The quantitative estimate of drug-likeness (QED) is 0.618. The molecule has 0 saturated heterocycles. The van der Waals surface area contributed by atoms with E-state index in [-0.39, 0.29) is 0 Å².